The highest BCUT2D eigenvalue weighted by molar-refractivity contribution is 14.1. The van der Waals surface area contributed by atoms with Crippen molar-refractivity contribution in [3.63, 3.8) is 0 Å². The minimum atomic E-state index is -0.0594. The standard InChI is InChI=1S/C16H21IO2/c1-2-13(10-11-17)14-6-8-15(9-7-14)19-16-5-3-4-12-18-16/h6-11,13,16H,2-5,12H2,1H3/b11-10+/t13-,16?/m0/s1. The van der Waals surface area contributed by atoms with Gasteiger partial charge in [-0.3, -0.25) is 0 Å². The molecule has 1 unspecified atom stereocenters. The van der Waals surface area contributed by atoms with E-state index in [-0.39, 0.29) is 6.29 Å². The number of benzene rings is 1. The fourth-order valence-corrected chi connectivity index (χ4v) is 2.82. The van der Waals surface area contributed by atoms with Gasteiger partial charge in [-0.05, 0) is 41.0 Å². The zero-order chi connectivity index (χ0) is 13.5. The average Bonchev–Trinajstić information content (AvgIpc) is 2.47. The fourth-order valence-electron chi connectivity index (χ4n) is 2.32. The molecule has 0 aliphatic carbocycles. The molecule has 1 aliphatic heterocycles. The summed E-state index contributed by atoms with van der Waals surface area (Å²) in [6, 6.07) is 8.42. The summed E-state index contributed by atoms with van der Waals surface area (Å²) in [5.74, 6) is 1.40. The van der Waals surface area contributed by atoms with Crippen LogP contribution in [0.3, 0.4) is 0 Å². The van der Waals surface area contributed by atoms with Gasteiger partial charge in [-0.15, -0.1) is 0 Å². The van der Waals surface area contributed by atoms with E-state index in [1.54, 1.807) is 0 Å². The molecular weight excluding hydrogens is 351 g/mol. The summed E-state index contributed by atoms with van der Waals surface area (Å²) in [7, 11) is 0. The van der Waals surface area contributed by atoms with Gasteiger partial charge < -0.3 is 9.47 Å². The molecular formula is C16H21IO2. The molecule has 2 nitrogen and oxygen atoms in total. The van der Waals surface area contributed by atoms with Crippen molar-refractivity contribution in [2.24, 2.45) is 0 Å². The van der Waals surface area contributed by atoms with Gasteiger partial charge in [-0.1, -0.05) is 47.7 Å². The topological polar surface area (TPSA) is 18.5 Å². The van der Waals surface area contributed by atoms with Gasteiger partial charge in [0.1, 0.15) is 5.75 Å². The van der Waals surface area contributed by atoms with Crippen LogP contribution in [0, 0.1) is 0 Å². The third kappa shape index (κ3) is 4.49. The second kappa shape index (κ2) is 7.90. The smallest absolute Gasteiger partial charge is 0.199 e. The van der Waals surface area contributed by atoms with E-state index in [4.69, 9.17) is 9.47 Å². The van der Waals surface area contributed by atoms with Gasteiger partial charge in [-0.25, -0.2) is 0 Å². The number of ether oxygens (including phenoxy) is 2. The maximum atomic E-state index is 5.84. The Bertz CT molecular complexity index is 394. The van der Waals surface area contributed by atoms with Crippen LogP contribution in [0.4, 0.5) is 0 Å². The Kier molecular flexibility index (Phi) is 6.17. The van der Waals surface area contributed by atoms with Crippen LogP contribution >= 0.6 is 22.6 Å². The first-order valence-electron chi connectivity index (χ1n) is 6.98. The van der Waals surface area contributed by atoms with Crippen molar-refractivity contribution in [2.75, 3.05) is 6.61 Å². The van der Waals surface area contributed by atoms with Crippen LogP contribution in [0.5, 0.6) is 5.75 Å². The molecule has 1 heterocycles. The molecule has 19 heavy (non-hydrogen) atoms. The van der Waals surface area contributed by atoms with Gasteiger partial charge in [0.05, 0.1) is 6.61 Å². The van der Waals surface area contributed by atoms with Crippen LogP contribution in [0.2, 0.25) is 0 Å². The fraction of sp³-hybridized carbons (Fsp3) is 0.500. The monoisotopic (exact) mass is 372 g/mol. The van der Waals surface area contributed by atoms with Crippen LogP contribution in [0.25, 0.3) is 0 Å². The molecule has 1 aliphatic rings. The van der Waals surface area contributed by atoms with E-state index < -0.39 is 0 Å². The van der Waals surface area contributed by atoms with Crippen molar-refractivity contribution in [3.8, 4) is 5.75 Å². The highest BCUT2D eigenvalue weighted by atomic mass is 127. The Hall–Kier alpha value is -0.550. The number of hydrogen-bond donors (Lipinski definition) is 0. The van der Waals surface area contributed by atoms with E-state index in [9.17, 15) is 0 Å². The molecule has 0 saturated carbocycles. The largest absolute Gasteiger partial charge is 0.465 e. The Morgan fingerprint density at radius 3 is 2.74 bits per heavy atom. The summed E-state index contributed by atoms with van der Waals surface area (Å²) in [4.78, 5) is 0. The van der Waals surface area contributed by atoms with Crippen LogP contribution in [0.1, 0.15) is 44.1 Å². The SMILES string of the molecule is CC[C@@H](/C=C/I)c1ccc(OC2CCCCO2)cc1. The third-order valence-electron chi connectivity index (χ3n) is 3.46. The minimum Gasteiger partial charge on any atom is -0.465 e. The molecule has 1 fully saturated rings. The third-order valence-corrected chi connectivity index (χ3v) is 3.87. The van der Waals surface area contributed by atoms with E-state index in [0.717, 1.165) is 31.6 Å². The number of halogens is 1. The van der Waals surface area contributed by atoms with Gasteiger partial charge in [0, 0.05) is 12.3 Å². The molecule has 1 aromatic carbocycles. The van der Waals surface area contributed by atoms with Crippen molar-refractivity contribution in [1.29, 1.82) is 0 Å². The zero-order valence-corrected chi connectivity index (χ0v) is 13.5. The van der Waals surface area contributed by atoms with E-state index >= 15 is 0 Å². The van der Waals surface area contributed by atoms with Crippen LogP contribution in [-0.4, -0.2) is 12.9 Å². The lowest BCUT2D eigenvalue weighted by Gasteiger charge is -2.23. The van der Waals surface area contributed by atoms with Crippen molar-refractivity contribution in [3.05, 3.63) is 40.0 Å². The van der Waals surface area contributed by atoms with Gasteiger partial charge in [0.2, 0.25) is 0 Å². The molecule has 2 atom stereocenters. The summed E-state index contributed by atoms with van der Waals surface area (Å²) in [5.41, 5.74) is 1.34. The second-order valence-corrected chi connectivity index (χ2v) is 5.54. The van der Waals surface area contributed by atoms with Crippen LogP contribution in [0.15, 0.2) is 34.4 Å². The van der Waals surface area contributed by atoms with E-state index in [1.165, 1.54) is 12.0 Å². The molecule has 2 rings (SSSR count). The van der Waals surface area contributed by atoms with E-state index in [0.29, 0.717) is 5.92 Å². The Morgan fingerprint density at radius 1 is 1.37 bits per heavy atom. The summed E-state index contributed by atoms with van der Waals surface area (Å²) in [5, 5.41) is 0. The first-order valence-corrected chi connectivity index (χ1v) is 8.23. The van der Waals surface area contributed by atoms with Gasteiger partial charge in [-0.2, -0.15) is 0 Å². The zero-order valence-electron chi connectivity index (χ0n) is 11.3. The lowest BCUT2D eigenvalue weighted by molar-refractivity contribution is -0.105. The quantitative estimate of drug-likeness (QED) is 0.675. The van der Waals surface area contributed by atoms with Crippen molar-refractivity contribution in [2.45, 2.75) is 44.8 Å². The van der Waals surface area contributed by atoms with Crippen LogP contribution < -0.4 is 4.74 Å². The number of rotatable bonds is 5. The van der Waals surface area contributed by atoms with E-state index in [2.05, 4.69) is 63.9 Å². The highest BCUT2D eigenvalue weighted by Gasteiger charge is 2.15. The predicted octanol–water partition coefficient (Wildman–Crippen LogP) is 5.03. The molecule has 0 bridgehead atoms. The van der Waals surface area contributed by atoms with Gasteiger partial charge in [0.15, 0.2) is 6.29 Å². The summed E-state index contributed by atoms with van der Waals surface area (Å²) < 4.78 is 13.5. The van der Waals surface area contributed by atoms with Gasteiger partial charge in [0.25, 0.3) is 0 Å². The molecule has 0 N–H and O–H groups in total. The highest BCUT2D eigenvalue weighted by Crippen LogP contribution is 2.25. The summed E-state index contributed by atoms with van der Waals surface area (Å²) in [6.07, 6.45) is 6.64. The minimum absolute atomic E-state index is 0.0594. The lowest BCUT2D eigenvalue weighted by Crippen LogP contribution is -2.24. The predicted molar refractivity (Wildman–Crippen MR) is 86.9 cm³/mol. The van der Waals surface area contributed by atoms with Crippen molar-refractivity contribution < 1.29 is 9.47 Å². The van der Waals surface area contributed by atoms with Gasteiger partial charge >= 0.3 is 0 Å². The molecule has 0 amide bonds. The van der Waals surface area contributed by atoms with E-state index in [1.807, 2.05) is 0 Å². The molecule has 1 aromatic rings. The number of hydrogen-bond acceptors (Lipinski definition) is 2. The first-order chi connectivity index (χ1) is 9.33. The lowest BCUT2D eigenvalue weighted by atomic mass is 9.97. The number of allylic oxidation sites excluding steroid dienone is 1. The average molecular weight is 372 g/mol. The summed E-state index contributed by atoms with van der Waals surface area (Å²) >= 11 is 2.27. The van der Waals surface area contributed by atoms with Crippen molar-refractivity contribution >= 4 is 22.6 Å². The normalized spacial score (nSPS) is 21.5. The molecule has 1 saturated heterocycles. The maximum Gasteiger partial charge on any atom is 0.199 e. The molecule has 104 valence electrons. The Labute approximate surface area is 129 Å². The Balaban J connectivity index is 1.97. The Morgan fingerprint density at radius 2 is 2.16 bits per heavy atom. The molecule has 0 aromatic heterocycles. The first kappa shape index (κ1) is 14.9. The summed E-state index contributed by atoms with van der Waals surface area (Å²) in [6.45, 7) is 3.03. The molecule has 0 spiro atoms. The molecule has 0 radical (unpaired) electrons. The maximum absolute atomic E-state index is 5.84. The second-order valence-electron chi connectivity index (χ2n) is 4.82. The molecule has 3 heteroatoms. The van der Waals surface area contributed by atoms with Crippen molar-refractivity contribution in [1.82, 2.24) is 0 Å². The van der Waals surface area contributed by atoms with Crippen LogP contribution in [-0.2, 0) is 4.74 Å².